The Hall–Kier alpha value is -3.17. The van der Waals surface area contributed by atoms with Gasteiger partial charge in [0.1, 0.15) is 5.69 Å². The minimum absolute atomic E-state index is 0.266. The molecule has 1 aromatic heterocycles. The number of aromatic nitrogens is 1. The molecule has 0 atom stereocenters. The number of alkyl halides is 3. The van der Waals surface area contributed by atoms with Crippen molar-refractivity contribution in [3.8, 4) is 11.5 Å². The zero-order valence-corrected chi connectivity index (χ0v) is 11.0. The summed E-state index contributed by atoms with van der Waals surface area (Å²) in [5.41, 5.74) is -2.76. The number of aromatic hydroxyl groups is 2. The lowest BCUT2D eigenvalue weighted by Gasteiger charge is -2.07. The normalized spacial score (nSPS) is 11.3. The van der Waals surface area contributed by atoms with Gasteiger partial charge < -0.3 is 10.2 Å². The highest BCUT2D eigenvalue weighted by Gasteiger charge is 2.32. The zero-order valence-electron chi connectivity index (χ0n) is 11.0. The summed E-state index contributed by atoms with van der Waals surface area (Å²) in [7, 11) is 0. The quantitative estimate of drug-likeness (QED) is 0.387. The van der Waals surface area contributed by atoms with Crippen molar-refractivity contribution in [2.45, 2.75) is 6.18 Å². The Morgan fingerprint density at radius 3 is 2.30 bits per heavy atom. The van der Waals surface area contributed by atoms with Crippen LogP contribution in [-0.2, 0) is 6.18 Å². The minimum atomic E-state index is -4.67. The van der Waals surface area contributed by atoms with E-state index < -0.39 is 39.8 Å². The molecule has 0 bridgehead atoms. The molecule has 23 heavy (non-hydrogen) atoms. The molecule has 1 aromatic carbocycles. The monoisotopic (exact) mass is 328 g/mol. The van der Waals surface area contributed by atoms with Crippen molar-refractivity contribution < 1.29 is 33.1 Å². The summed E-state index contributed by atoms with van der Waals surface area (Å²) >= 11 is 0. The van der Waals surface area contributed by atoms with Crippen LogP contribution in [0.15, 0.2) is 30.5 Å². The van der Waals surface area contributed by atoms with Crippen molar-refractivity contribution in [3.05, 3.63) is 57.4 Å². The molecule has 120 valence electrons. The first-order chi connectivity index (χ1) is 10.6. The van der Waals surface area contributed by atoms with E-state index in [2.05, 4.69) is 4.98 Å². The molecule has 0 aliphatic heterocycles. The molecule has 0 saturated carbocycles. The van der Waals surface area contributed by atoms with E-state index >= 15 is 0 Å². The van der Waals surface area contributed by atoms with E-state index in [0.29, 0.717) is 18.3 Å². The third kappa shape index (κ3) is 3.20. The number of hydrogen-bond donors (Lipinski definition) is 2. The Morgan fingerprint density at radius 1 is 1.17 bits per heavy atom. The molecule has 0 radical (unpaired) electrons. The minimum Gasteiger partial charge on any atom is -0.504 e. The second-order valence-corrected chi connectivity index (χ2v) is 4.38. The molecular formula is C13H7F3N2O5. The molecule has 2 rings (SSSR count). The molecule has 0 aliphatic carbocycles. The lowest BCUT2D eigenvalue weighted by Crippen LogP contribution is -2.09. The van der Waals surface area contributed by atoms with E-state index in [1.807, 2.05) is 0 Å². The van der Waals surface area contributed by atoms with E-state index in [-0.39, 0.29) is 11.1 Å². The molecule has 7 nitrogen and oxygen atoms in total. The van der Waals surface area contributed by atoms with Gasteiger partial charge in [-0.25, -0.2) is 0 Å². The molecule has 0 aliphatic rings. The predicted octanol–water partition coefficient (Wildman–Crippen LogP) is 2.65. The lowest BCUT2D eigenvalue weighted by molar-refractivity contribution is -0.386. The number of nitrogens with zero attached hydrogens (tertiary/aromatic N) is 2. The first-order valence-electron chi connectivity index (χ1n) is 5.89. The second kappa shape index (κ2) is 5.55. The van der Waals surface area contributed by atoms with Gasteiger partial charge in [-0.2, -0.15) is 13.2 Å². The summed E-state index contributed by atoms with van der Waals surface area (Å²) in [6.07, 6.45) is -4.00. The number of halogens is 3. The lowest BCUT2D eigenvalue weighted by atomic mass is 10.0. The molecule has 1 heterocycles. The fourth-order valence-electron chi connectivity index (χ4n) is 1.74. The highest BCUT2D eigenvalue weighted by Crippen LogP contribution is 2.36. The standard InChI is InChI=1S/C13H7F3N2O5/c14-13(15,16)10-2-1-6(5-17-10)11(20)7-3-8(18(22)23)12(21)9(19)4-7/h1-5,19,21H. The van der Waals surface area contributed by atoms with Crippen LogP contribution in [0.3, 0.4) is 0 Å². The van der Waals surface area contributed by atoms with Gasteiger partial charge in [-0.1, -0.05) is 0 Å². The average Bonchev–Trinajstić information content (AvgIpc) is 2.48. The van der Waals surface area contributed by atoms with Crippen LogP contribution in [0.25, 0.3) is 0 Å². The molecule has 0 saturated heterocycles. The van der Waals surface area contributed by atoms with Crippen molar-refractivity contribution in [3.63, 3.8) is 0 Å². The predicted molar refractivity (Wildman–Crippen MR) is 69.1 cm³/mol. The van der Waals surface area contributed by atoms with Crippen LogP contribution in [0.1, 0.15) is 21.6 Å². The summed E-state index contributed by atoms with van der Waals surface area (Å²) in [6.45, 7) is 0. The van der Waals surface area contributed by atoms with E-state index in [4.69, 9.17) is 0 Å². The number of nitro benzene ring substituents is 1. The number of rotatable bonds is 3. The number of pyridine rings is 1. The van der Waals surface area contributed by atoms with Crippen molar-refractivity contribution in [1.29, 1.82) is 0 Å². The van der Waals surface area contributed by atoms with E-state index in [1.54, 1.807) is 0 Å². The van der Waals surface area contributed by atoms with Crippen LogP contribution >= 0.6 is 0 Å². The number of carbonyl (C=O) groups is 1. The van der Waals surface area contributed by atoms with Gasteiger partial charge in [-0.3, -0.25) is 19.9 Å². The molecule has 0 unspecified atom stereocenters. The fourth-order valence-corrected chi connectivity index (χ4v) is 1.74. The maximum Gasteiger partial charge on any atom is 0.433 e. The molecule has 0 spiro atoms. The summed E-state index contributed by atoms with van der Waals surface area (Å²) < 4.78 is 37.2. The number of carbonyl (C=O) groups excluding carboxylic acids is 1. The Morgan fingerprint density at radius 2 is 1.83 bits per heavy atom. The number of nitro groups is 1. The fraction of sp³-hybridized carbons (Fsp3) is 0.0769. The summed E-state index contributed by atoms with van der Waals surface area (Å²) in [5.74, 6) is -2.82. The van der Waals surface area contributed by atoms with Gasteiger partial charge in [0, 0.05) is 23.4 Å². The molecular weight excluding hydrogens is 321 g/mol. The number of benzene rings is 1. The SMILES string of the molecule is O=C(c1ccc(C(F)(F)F)nc1)c1cc(O)c(O)c([N+](=O)[O-])c1. The zero-order chi connectivity index (χ0) is 17.4. The highest BCUT2D eigenvalue weighted by molar-refractivity contribution is 6.09. The second-order valence-electron chi connectivity index (χ2n) is 4.38. The Labute approximate surface area is 125 Å². The maximum absolute atomic E-state index is 12.4. The largest absolute Gasteiger partial charge is 0.504 e. The topological polar surface area (TPSA) is 114 Å². The van der Waals surface area contributed by atoms with Crippen LogP contribution in [-0.4, -0.2) is 25.9 Å². The van der Waals surface area contributed by atoms with Gasteiger partial charge in [-0.15, -0.1) is 0 Å². The van der Waals surface area contributed by atoms with Crippen molar-refractivity contribution in [2.24, 2.45) is 0 Å². The van der Waals surface area contributed by atoms with Gasteiger partial charge in [0.25, 0.3) is 0 Å². The third-order valence-corrected chi connectivity index (χ3v) is 2.84. The molecule has 0 amide bonds. The van der Waals surface area contributed by atoms with E-state index in [0.717, 1.165) is 12.1 Å². The number of ketones is 1. The number of phenols is 2. The van der Waals surface area contributed by atoms with Gasteiger partial charge in [0.2, 0.25) is 5.75 Å². The van der Waals surface area contributed by atoms with Gasteiger partial charge in [0.05, 0.1) is 4.92 Å². The molecule has 10 heteroatoms. The first-order valence-corrected chi connectivity index (χ1v) is 5.89. The van der Waals surface area contributed by atoms with Crippen LogP contribution in [0.5, 0.6) is 11.5 Å². The summed E-state index contributed by atoms with van der Waals surface area (Å²) in [5, 5.41) is 29.5. The molecule has 2 aromatic rings. The van der Waals surface area contributed by atoms with Crippen LogP contribution in [0.2, 0.25) is 0 Å². The number of hydrogen-bond acceptors (Lipinski definition) is 6. The summed E-state index contributed by atoms with van der Waals surface area (Å²) in [6, 6.07) is 2.91. The van der Waals surface area contributed by atoms with E-state index in [9.17, 15) is 38.3 Å². The maximum atomic E-state index is 12.4. The van der Waals surface area contributed by atoms with Crippen LogP contribution in [0, 0.1) is 10.1 Å². The highest BCUT2D eigenvalue weighted by atomic mass is 19.4. The van der Waals surface area contributed by atoms with Crippen molar-refractivity contribution in [1.82, 2.24) is 4.98 Å². The Balaban J connectivity index is 2.43. The van der Waals surface area contributed by atoms with Gasteiger partial charge in [-0.05, 0) is 18.2 Å². The van der Waals surface area contributed by atoms with Crippen molar-refractivity contribution >= 4 is 11.5 Å². The average molecular weight is 328 g/mol. The van der Waals surface area contributed by atoms with Crippen molar-refractivity contribution in [2.75, 3.05) is 0 Å². The van der Waals surface area contributed by atoms with Gasteiger partial charge in [0.15, 0.2) is 11.5 Å². The van der Waals surface area contributed by atoms with Crippen LogP contribution < -0.4 is 0 Å². The smallest absolute Gasteiger partial charge is 0.433 e. The Kier molecular flexibility index (Phi) is 3.91. The van der Waals surface area contributed by atoms with Crippen LogP contribution in [0.4, 0.5) is 18.9 Å². The molecule has 0 fully saturated rings. The third-order valence-electron chi connectivity index (χ3n) is 2.84. The van der Waals surface area contributed by atoms with Gasteiger partial charge >= 0.3 is 11.9 Å². The number of phenolic OH excluding ortho intramolecular Hbond substituents is 2. The molecule has 2 N–H and O–H groups in total. The summed E-state index contributed by atoms with van der Waals surface area (Å²) in [4.78, 5) is 24.9. The Bertz CT molecular complexity index is 787. The van der Waals surface area contributed by atoms with E-state index in [1.165, 1.54) is 0 Å². The first kappa shape index (κ1) is 16.2.